The Morgan fingerprint density at radius 2 is 2.06 bits per heavy atom. The molecule has 1 atom stereocenters. The van der Waals surface area contributed by atoms with Crippen LogP contribution >= 0.6 is 15.9 Å². The van der Waals surface area contributed by atoms with Crippen LogP contribution < -0.4 is 10.1 Å². The summed E-state index contributed by atoms with van der Waals surface area (Å²) >= 11 is 3.64. The van der Waals surface area contributed by atoms with Crippen molar-refractivity contribution in [1.82, 2.24) is 5.32 Å². The van der Waals surface area contributed by atoms with Gasteiger partial charge >= 0.3 is 0 Å². The van der Waals surface area contributed by atoms with Crippen molar-refractivity contribution >= 4 is 26.7 Å². The van der Waals surface area contributed by atoms with Gasteiger partial charge in [0, 0.05) is 6.54 Å². The quantitative estimate of drug-likeness (QED) is 0.916. The van der Waals surface area contributed by atoms with Crippen molar-refractivity contribution in [2.75, 3.05) is 13.1 Å². The van der Waals surface area contributed by atoms with Crippen LogP contribution in [0.3, 0.4) is 0 Å². The normalized spacial score (nSPS) is 19.7. The standard InChI is InChI=1S/C14H14BrNO/c15-14-12-4-2-1-3-10(12)5-6-13(14)17-11-7-8-16-9-11/h1-6,11,16H,7-9H2/t11-/m1/s1. The van der Waals surface area contributed by atoms with Gasteiger partial charge in [0.1, 0.15) is 11.9 Å². The zero-order chi connectivity index (χ0) is 11.7. The van der Waals surface area contributed by atoms with E-state index in [0.717, 1.165) is 29.7 Å². The number of benzene rings is 2. The summed E-state index contributed by atoms with van der Waals surface area (Å²) in [6.45, 7) is 2.00. The van der Waals surface area contributed by atoms with Gasteiger partial charge in [-0.05, 0) is 45.7 Å². The molecule has 1 fully saturated rings. The molecule has 0 aliphatic carbocycles. The number of rotatable bonds is 2. The average Bonchev–Trinajstić information content (AvgIpc) is 2.86. The highest BCUT2D eigenvalue weighted by molar-refractivity contribution is 9.10. The van der Waals surface area contributed by atoms with Crippen molar-refractivity contribution in [1.29, 1.82) is 0 Å². The maximum absolute atomic E-state index is 6.00. The van der Waals surface area contributed by atoms with E-state index in [1.165, 1.54) is 10.8 Å². The number of nitrogens with one attached hydrogen (secondary N) is 1. The van der Waals surface area contributed by atoms with Crippen LogP contribution in [0.2, 0.25) is 0 Å². The van der Waals surface area contributed by atoms with Crippen LogP contribution in [0.1, 0.15) is 6.42 Å². The highest BCUT2D eigenvalue weighted by Gasteiger charge is 2.17. The first-order valence-corrected chi connectivity index (χ1v) is 6.68. The van der Waals surface area contributed by atoms with Crippen LogP contribution in [0.25, 0.3) is 10.8 Å². The molecule has 3 heteroatoms. The van der Waals surface area contributed by atoms with Gasteiger partial charge in [0.25, 0.3) is 0 Å². The minimum Gasteiger partial charge on any atom is -0.488 e. The number of ether oxygens (including phenoxy) is 1. The largest absolute Gasteiger partial charge is 0.488 e. The van der Waals surface area contributed by atoms with Crippen LogP contribution in [-0.4, -0.2) is 19.2 Å². The smallest absolute Gasteiger partial charge is 0.134 e. The first-order valence-electron chi connectivity index (χ1n) is 5.89. The molecular formula is C14H14BrNO. The summed E-state index contributed by atoms with van der Waals surface area (Å²) in [7, 11) is 0. The van der Waals surface area contributed by atoms with Crippen LogP contribution in [0.15, 0.2) is 40.9 Å². The predicted octanol–water partition coefficient (Wildman–Crippen LogP) is 3.34. The van der Waals surface area contributed by atoms with Gasteiger partial charge in [0.15, 0.2) is 0 Å². The summed E-state index contributed by atoms with van der Waals surface area (Å²) in [6, 6.07) is 12.5. The monoisotopic (exact) mass is 291 g/mol. The first kappa shape index (κ1) is 11.1. The molecule has 0 radical (unpaired) electrons. The molecule has 2 nitrogen and oxygen atoms in total. The molecule has 0 bridgehead atoms. The minimum atomic E-state index is 0.299. The molecule has 1 N–H and O–H groups in total. The Labute approximate surface area is 109 Å². The maximum Gasteiger partial charge on any atom is 0.134 e. The second kappa shape index (κ2) is 4.67. The topological polar surface area (TPSA) is 21.3 Å². The Hall–Kier alpha value is -1.06. The third kappa shape index (κ3) is 2.17. The molecule has 1 aliphatic rings. The van der Waals surface area contributed by atoms with Gasteiger partial charge in [-0.15, -0.1) is 0 Å². The van der Waals surface area contributed by atoms with Crippen LogP contribution in [0.4, 0.5) is 0 Å². The molecule has 88 valence electrons. The molecule has 1 saturated heterocycles. The molecule has 17 heavy (non-hydrogen) atoms. The Balaban J connectivity index is 1.96. The van der Waals surface area contributed by atoms with E-state index in [9.17, 15) is 0 Å². The Morgan fingerprint density at radius 1 is 1.18 bits per heavy atom. The summed E-state index contributed by atoms with van der Waals surface area (Å²) in [5.41, 5.74) is 0. The fourth-order valence-corrected chi connectivity index (χ4v) is 2.80. The van der Waals surface area contributed by atoms with Crippen molar-refractivity contribution in [3.05, 3.63) is 40.9 Å². The molecule has 0 aromatic heterocycles. The summed E-state index contributed by atoms with van der Waals surface area (Å²) < 4.78 is 7.06. The zero-order valence-corrected chi connectivity index (χ0v) is 11.0. The number of hydrogen-bond acceptors (Lipinski definition) is 2. The van der Waals surface area contributed by atoms with Crippen molar-refractivity contribution in [2.45, 2.75) is 12.5 Å². The van der Waals surface area contributed by atoms with E-state index in [1.807, 2.05) is 12.1 Å². The van der Waals surface area contributed by atoms with E-state index >= 15 is 0 Å². The zero-order valence-electron chi connectivity index (χ0n) is 9.45. The van der Waals surface area contributed by atoms with Gasteiger partial charge in [-0.2, -0.15) is 0 Å². The number of hydrogen-bond donors (Lipinski definition) is 1. The summed E-state index contributed by atoms with van der Waals surface area (Å²) in [5.74, 6) is 0.942. The molecule has 0 spiro atoms. The molecule has 3 rings (SSSR count). The lowest BCUT2D eigenvalue weighted by Gasteiger charge is -2.15. The van der Waals surface area contributed by atoms with E-state index in [4.69, 9.17) is 4.74 Å². The van der Waals surface area contributed by atoms with E-state index in [-0.39, 0.29) is 0 Å². The van der Waals surface area contributed by atoms with Crippen molar-refractivity contribution in [3.8, 4) is 5.75 Å². The summed E-state index contributed by atoms with van der Waals surface area (Å²) in [5, 5.41) is 5.75. The van der Waals surface area contributed by atoms with E-state index in [0.29, 0.717) is 6.10 Å². The van der Waals surface area contributed by atoms with Crippen LogP contribution in [0, 0.1) is 0 Å². The van der Waals surface area contributed by atoms with E-state index in [2.05, 4.69) is 45.5 Å². The van der Waals surface area contributed by atoms with Crippen molar-refractivity contribution in [3.63, 3.8) is 0 Å². The van der Waals surface area contributed by atoms with Crippen LogP contribution in [0.5, 0.6) is 5.75 Å². The van der Waals surface area contributed by atoms with Gasteiger partial charge in [-0.3, -0.25) is 0 Å². The lowest BCUT2D eigenvalue weighted by atomic mass is 10.1. The highest BCUT2D eigenvalue weighted by atomic mass is 79.9. The fourth-order valence-electron chi connectivity index (χ4n) is 2.21. The first-order chi connectivity index (χ1) is 8.34. The lowest BCUT2D eigenvalue weighted by Crippen LogP contribution is -2.19. The van der Waals surface area contributed by atoms with Gasteiger partial charge in [0.2, 0.25) is 0 Å². The summed E-state index contributed by atoms with van der Waals surface area (Å²) in [4.78, 5) is 0. The number of fused-ring (bicyclic) bond motifs is 1. The Morgan fingerprint density at radius 3 is 2.88 bits per heavy atom. The van der Waals surface area contributed by atoms with Gasteiger partial charge in [-0.1, -0.05) is 30.3 Å². The maximum atomic E-state index is 6.00. The molecule has 2 aromatic rings. The second-order valence-electron chi connectivity index (χ2n) is 4.33. The number of halogens is 1. The lowest BCUT2D eigenvalue weighted by molar-refractivity contribution is 0.222. The minimum absolute atomic E-state index is 0.299. The third-order valence-corrected chi connectivity index (χ3v) is 3.95. The molecule has 0 saturated carbocycles. The average molecular weight is 292 g/mol. The third-order valence-electron chi connectivity index (χ3n) is 3.14. The van der Waals surface area contributed by atoms with Gasteiger partial charge in [0.05, 0.1) is 4.47 Å². The SMILES string of the molecule is Brc1c(O[C@@H]2CCNC2)ccc2ccccc12. The molecular weight excluding hydrogens is 278 g/mol. The molecule has 2 aromatic carbocycles. The second-order valence-corrected chi connectivity index (χ2v) is 5.12. The Bertz CT molecular complexity index is 535. The van der Waals surface area contributed by atoms with Gasteiger partial charge < -0.3 is 10.1 Å². The van der Waals surface area contributed by atoms with Crippen molar-refractivity contribution < 1.29 is 4.74 Å². The fraction of sp³-hybridized carbons (Fsp3) is 0.286. The summed E-state index contributed by atoms with van der Waals surface area (Å²) in [6.07, 6.45) is 1.38. The predicted molar refractivity (Wildman–Crippen MR) is 73.6 cm³/mol. The molecule has 0 unspecified atom stereocenters. The Kier molecular flexibility index (Phi) is 3.04. The van der Waals surface area contributed by atoms with E-state index in [1.54, 1.807) is 0 Å². The van der Waals surface area contributed by atoms with E-state index < -0.39 is 0 Å². The molecule has 0 amide bonds. The van der Waals surface area contributed by atoms with Crippen LogP contribution in [-0.2, 0) is 0 Å². The van der Waals surface area contributed by atoms with Crippen molar-refractivity contribution in [2.24, 2.45) is 0 Å². The molecule has 1 aliphatic heterocycles. The van der Waals surface area contributed by atoms with Gasteiger partial charge in [-0.25, -0.2) is 0 Å². The highest BCUT2D eigenvalue weighted by Crippen LogP contribution is 2.33. The molecule has 1 heterocycles.